The summed E-state index contributed by atoms with van der Waals surface area (Å²) in [4.78, 5) is 13.7. The lowest BCUT2D eigenvalue weighted by Gasteiger charge is -2.29. The van der Waals surface area contributed by atoms with Crippen molar-refractivity contribution in [1.29, 1.82) is 0 Å². The largest absolute Gasteiger partial charge is 0.444 e. The van der Waals surface area contributed by atoms with Crippen LogP contribution in [0.1, 0.15) is 41.0 Å². The maximum Gasteiger partial charge on any atom is 0.408 e. The van der Waals surface area contributed by atoms with Gasteiger partial charge in [-0.25, -0.2) is 4.79 Å². The second kappa shape index (κ2) is 5.53. The van der Waals surface area contributed by atoms with Gasteiger partial charge in [-0.05, 0) is 61.7 Å². The van der Waals surface area contributed by atoms with Crippen LogP contribution < -0.4 is 5.32 Å². The van der Waals surface area contributed by atoms with Gasteiger partial charge in [0.1, 0.15) is 5.60 Å². The number of nitrogens with zero attached hydrogens (tertiary/aromatic N) is 1. The molecule has 0 saturated carbocycles. The summed E-state index contributed by atoms with van der Waals surface area (Å²) >= 11 is 0. The molecule has 0 atom stereocenters. The number of rotatable bonds is 4. The van der Waals surface area contributed by atoms with Crippen molar-refractivity contribution in [3.8, 4) is 0 Å². The van der Waals surface area contributed by atoms with E-state index >= 15 is 0 Å². The van der Waals surface area contributed by atoms with E-state index in [0.29, 0.717) is 0 Å². The molecule has 0 aliphatic heterocycles. The van der Waals surface area contributed by atoms with E-state index < -0.39 is 5.60 Å². The molecule has 0 heterocycles. The molecule has 0 aromatic carbocycles. The van der Waals surface area contributed by atoms with E-state index in [9.17, 15) is 4.79 Å². The minimum atomic E-state index is -0.443. The van der Waals surface area contributed by atoms with E-state index in [4.69, 9.17) is 4.74 Å². The first-order valence-corrected chi connectivity index (χ1v) is 5.68. The first-order valence-electron chi connectivity index (χ1n) is 5.68. The Hall–Kier alpha value is -0.770. The minimum absolute atomic E-state index is 0.243. The first kappa shape index (κ1) is 15.2. The van der Waals surface area contributed by atoms with Gasteiger partial charge in [-0.1, -0.05) is 0 Å². The molecule has 0 unspecified atom stereocenters. The molecule has 4 nitrogen and oxygen atoms in total. The molecular formula is C12H26N2O2. The average Bonchev–Trinajstić information content (AvgIpc) is 1.95. The topological polar surface area (TPSA) is 41.6 Å². The van der Waals surface area contributed by atoms with Crippen LogP contribution in [0, 0.1) is 0 Å². The van der Waals surface area contributed by atoms with Crippen molar-refractivity contribution < 1.29 is 9.53 Å². The lowest BCUT2D eigenvalue weighted by atomic mass is 10.0. The molecule has 1 amide bonds. The van der Waals surface area contributed by atoms with Gasteiger partial charge in [-0.2, -0.15) is 0 Å². The lowest BCUT2D eigenvalue weighted by molar-refractivity contribution is 0.0464. The van der Waals surface area contributed by atoms with Gasteiger partial charge in [0.25, 0.3) is 0 Å². The van der Waals surface area contributed by atoms with Crippen molar-refractivity contribution in [2.75, 3.05) is 20.6 Å². The molecule has 16 heavy (non-hydrogen) atoms. The highest BCUT2D eigenvalue weighted by Crippen LogP contribution is 2.12. The summed E-state index contributed by atoms with van der Waals surface area (Å²) < 4.78 is 5.22. The third-order valence-corrected chi connectivity index (χ3v) is 2.02. The van der Waals surface area contributed by atoms with E-state index in [2.05, 4.69) is 10.2 Å². The third-order valence-electron chi connectivity index (χ3n) is 2.02. The Labute approximate surface area is 99.3 Å². The van der Waals surface area contributed by atoms with Crippen LogP contribution >= 0.6 is 0 Å². The molecule has 0 aliphatic carbocycles. The Morgan fingerprint density at radius 1 is 1.19 bits per heavy atom. The fourth-order valence-corrected chi connectivity index (χ4v) is 1.15. The summed E-state index contributed by atoms with van der Waals surface area (Å²) in [7, 11) is 4.03. The highest BCUT2D eigenvalue weighted by molar-refractivity contribution is 5.68. The molecule has 0 aromatic rings. The SMILES string of the molecule is CN(C)CCC(C)(C)NC(=O)OC(C)(C)C. The van der Waals surface area contributed by atoms with E-state index in [1.807, 2.05) is 48.7 Å². The lowest BCUT2D eigenvalue weighted by Crippen LogP contribution is -2.47. The summed E-state index contributed by atoms with van der Waals surface area (Å²) in [6.45, 7) is 10.5. The zero-order valence-corrected chi connectivity index (χ0v) is 11.7. The van der Waals surface area contributed by atoms with Gasteiger partial charge in [-0.3, -0.25) is 0 Å². The highest BCUT2D eigenvalue weighted by atomic mass is 16.6. The summed E-state index contributed by atoms with van der Waals surface area (Å²) in [5.41, 5.74) is -0.686. The molecule has 0 rings (SSSR count). The monoisotopic (exact) mass is 230 g/mol. The summed E-state index contributed by atoms with van der Waals surface area (Å²) in [6.07, 6.45) is 0.537. The van der Waals surface area contributed by atoms with Crippen molar-refractivity contribution in [3.63, 3.8) is 0 Å². The van der Waals surface area contributed by atoms with Crippen LogP contribution in [0.5, 0.6) is 0 Å². The molecular weight excluding hydrogens is 204 g/mol. The summed E-state index contributed by atoms with van der Waals surface area (Å²) in [6, 6.07) is 0. The predicted molar refractivity (Wildman–Crippen MR) is 66.6 cm³/mol. The highest BCUT2D eigenvalue weighted by Gasteiger charge is 2.24. The molecule has 0 bridgehead atoms. The molecule has 1 N–H and O–H groups in total. The Bertz CT molecular complexity index is 230. The first-order chi connectivity index (χ1) is 7.02. The van der Waals surface area contributed by atoms with Gasteiger partial charge in [0, 0.05) is 5.54 Å². The van der Waals surface area contributed by atoms with Gasteiger partial charge in [0.05, 0.1) is 0 Å². The fourth-order valence-electron chi connectivity index (χ4n) is 1.15. The molecule has 0 aliphatic rings. The average molecular weight is 230 g/mol. The van der Waals surface area contributed by atoms with Gasteiger partial charge < -0.3 is 15.0 Å². The van der Waals surface area contributed by atoms with Crippen molar-refractivity contribution >= 4 is 6.09 Å². The Morgan fingerprint density at radius 3 is 2.06 bits per heavy atom. The van der Waals surface area contributed by atoms with Crippen LogP contribution in [0.15, 0.2) is 0 Å². The quantitative estimate of drug-likeness (QED) is 0.805. The normalized spacial score (nSPS) is 12.8. The van der Waals surface area contributed by atoms with Crippen molar-refractivity contribution in [3.05, 3.63) is 0 Å². The molecule has 96 valence electrons. The van der Waals surface area contributed by atoms with Crippen LogP contribution in [0.2, 0.25) is 0 Å². The molecule has 0 spiro atoms. The zero-order valence-electron chi connectivity index (χ0n) is 11.7. The number of alkyl carbamates (subject to hydrolysis) is 1. The van der Waals surface area contributed by atoms with Crippen molar-refractivity contribution in [2.24, 2.45) is 0 Å². The van der Waals surface area contributed by atoms with E-state index in [-0.39, 0.29) is 11.6 Å². The fraction of sp³-hybridized carbons (Fsp3) is 0.917. The van der Waals surface area contributed by atoms with Crippen LogP contribution in [0.3, 0.4) is 0 Å². The molecule has 4 heteroatoms. The second-order valence-corrected chi connectivity index (χ2v) is 6.06. The number of carbonyl (C=O) groups is 1. The smallest absolute Gasteiger partial charge is 0.408 e. The van der Waals surface area contributed by atoms with Gasteiger partial charge in [-0.15, -0.1) is 0 Å². The summed E-state index contributed by atoms with van der Waals surface area (Å²) in [5.74, 6) is 0. The van der Waals surface area contributed by atoms with Crippen LogP contribution in [-0.4, -0.2) is 42.8 Å². The molecule has 0 aromatic heterocycles. The van der Waals surface area contributed by atoms with Crippen LogP contribution in [0.4, 0.5) is 4.79 Å². The van der Waals surface area contributed by atoms with E-state index in [1.54, 1.807) is 0 Å². The van der Waals surface area contributed by atoms with Crippen LogP contribution in [0.25, 0.3) is 0 Å². The Morgan fingerprint density at radius 2 is 1.69 bits per heavy atom. The van der Waals surface area contributed by atoms with Crippen LogP contribution in [-0.2, 0) is 4.74 Å². The van der Waals surface area contributed by atoms with Crippen molar-refractivity contribution in [2.45, 2.75) is 52.2 Å². The summed E-state index contributed by atoms with van der Waals surface area (Å²) in [5, 5.41) is 2.88. The zero-order chi connectivity index (χ0) is 13.0. The predicted octanol–water partition coefficient (Wildman–Crippen LogP) is 2.24. The number of amides is 1. The number of nitrogens with one attached hydrogen (secondary N) is 1. The number of hydrogen-bond donors (Lipinski definition) is 1. The molecule has 0 saturated heterocycles. The number of hydrogen-bond acceptors (Lipinski definition) is 3. The van der Waals surface area contributed by atoms with Gasteiger partial charge in [0.15, 0.2) is 0 Å². The number of carbonyl (C=O) groups excluding carboxylic acids is 1. The maximum atomic E-state index is 11.6. The maximum absolute atomic E-state index is 11.6. The minimum Gasteiger partial charge on any atom is -0.444 e. The second-order valence-electron chi connectivity index (χ2n) is 6.06. The third kappa shape index (κ3) is 8.53. The Kier molecular flexibility index (Phi) is 5.26. The van der Waals surface area contributed by atoms with Gasteiger partial charge in [0.2, 0.25) is 0 Å². The molecule has 0 fully saturated rings. The van der Waals surface area contributed by atoms with E-state index in [1.165, 1.54) is 0 Å². The van der Waals surface area contributed by atoms with Gasteiger partial charge >= 0.3 is 6.09 Å². The Balaban J connectivity index is 4.10. The number of ether oxygens (including phenoxy) is 1. The van der Waals surface area contributed by atoms with E-state index in [0.717, 1.165) is 13.0 Å². The van der Waals surface area contributed by atoms with Crippen molar-refractivity contribution in [1.82, 2.24) is 10.2 Å². The standard InChI is InChI=1S/C12H26N2O2/c1-11(2,3)16-10(15)13-12(4,5)8-9-14(6)7/h8-9H2,1-7H3,(H,13,15). The molecule has 0 radical (unpaired) electrons.